The Morgan fingerprint density at radius 1 is 1.47 bits per heavy atom. The second-order valence-corrected chi connectivity index (χ2v) is 5.72. The lowest BCUT2D eigenvalue weighted by atomic mass is 10.1. The Morgan fingerprint density at radius 3 is 2.76 bits per heavy atom. The maximum atomic E-state index is 11.9. The van der Waals surface area contributed by atoms with Crippen molar-refractivity contribution in [3.8, 4) is 0 Å². The molecule has 1 aliphatic heterocycles. The fourth-order valence-electron chi connectivity index (χ4n) is 1.98. The van der Waals surface area contributed by atoms with E-state index in [0.29, 0.717) is 6.04 Å². The minimum absolute atomic E-state index is 0.180. The number of nitrogens with zero attached hydrogens (tertiary/aromatic N) is 1. The number of hydrogen-bond acceptors (Lipinski definition) is 3. The number of amides is 1. The molecule has 17 heavy (non-hydrogen) atoms. The summed E-state index contributed by atoms with van der Waals surface area (Å²) in [6.45, 7) is 10.5. The fourth-order valence-corrected chi connectivity index (χ4v) is 1.98. The van der Waals surface area contributed by atoms with Crippen molar-refractivity contribution >= 4 is 6.09 Å². The molecule has 1 fully saturated rings. The predicted molar refractivity (Wildman–Crippen MR) is 69.1 cm³/mol. The molecule has 1 atom stereocenters. The van der Waals surface area contributed by atoms with Gasteiger partial charge < -0.3 is 15.0 Å². The van der Waals surface area contributed by atoms with Crippen molar-refractivity contribution in [1.29, 1.82) is 0 Å². The van der Waals surface area contributed by atoms with Gasteiger partial charge in [-0.1, -0.05) is 6.92 Å². The summed E-state index contributed by atoms with van der Waals surface area (Å²) in [6.07, 6.45) is 3.16. The third-order valence-corrected chi connectivity index (χ3v) is 2.76. The third-order valence-electron chi connectivity index (χ3n) is 2.76. The van der Waals surface area contributed by atoms with Gasteiger partial charge in [0.15, 0.2) is 0 Å². The topological polar surface area (TPSA) is 41.6 Å². The molecule has 4 nitrogen and oxygen atoms in total. The third kappa shape index (κ3) is 5.39. The quantitative estimate of drug-likeness (QED) is 0.826. The highest BCUT2D eigenvalue weighted by atomic mass is 16.6. The number of rotatable bonds is 3. The Morgan fingerprint density at radius 2 is 2.18 bits per heavy atom. The van der Waals surface area contributed by atoms with Gasteiger partial charge in [-0.15, -0.1) is 0 Å². The van der Waals surface area contributed by atoms with Crippen LogP contribution in [0.15, 0.2) is 0 Å². The first kappa shape index (κ1) is 14.3. The lowest BCUT2D eigenvalue weighted by Crippen LogP contribution is -2.49. The molecule has 1 N–H and O–H groups in total. The molecule has 4 heteroatoms. The molecule has 0 saturated carbocycles. The molecular formula is C13H26N2O2. The van der Waals surface area contributed by atoms with Gasteiger partial charge in [0.2, 0.25) is 0 Å². The minimum atomic E-state index is -0.402. The molecule has 0 unspecified atom stereocenters. The van der Waals surface area contributed by atoms with Gasteiger partial charge in [-0.2, -0.15) is 0 Å². The van der Waals surface area contributed by atoms with E-state index in [9.17, 15) is 4.79 Å². The SMILES string of the molecule is CCCN[C@@H]1CCCN(C(=O)OC(C)(C)C)C1. The van der Waals surface area contributed by atoms with Crippen LogP contribution in [0.1, 0.15) is 47.0 Å². The van der Waals surface area contributed by atoms with Crippen LogP contribution in [0.5, 0.6) is 0 Å². The first-order valence-electron chi connectivity index (χ1n) is 6.63. The zero-order valence-corrected chi connectivity index (χ0v) is 11.6. The summed E-state index contributed by atoms with van der Waals surface area (Å²) in [6, 6.07) is 0.427. The number of piperidine rings is 1. The molecule has 1 amide bonds. The van der Waals surface area contributed by atoms with Crippen molar-refractivity contribution in [1.82, 2.24) is 10.2 Å². The predicted octanol–water partition coefficient (Wildman–Crippen LogP) is 2.39. The maximum absolute atomic E-state index is 11.9. The molecule has 100 valence electrons. The highest BCUT2D eigenvalue weighted by Gasteiger charge is 2.27. The van der Waals surface area contributed by atoms with E-state index in [2.05, 4.69) is 12.2 Å². The molecule has 1 rings (SSSR count). The number of ether oxygens (including phenoxy) is 1. The lowest BCUT2D eigenvalue weighted by Gasteiger charge is -2.34. The first-order valence-corrected chi connectivity index (χ1v) is 6.63. The number of likely N-dealkylation sites (tertiary alicyclic amines) is 1. The normalized spacial score (nSPS) is 21.4. The van der Waals surface area contributed by atoms with E-state index in [0.717, 1.165) is 38.9 Å². The fraction of sp³-hybridized carbons (Fsp3) is 0.923. The molecule has 0 aromatic heterocycles. The molecule has 0 bridgehead atoms. The van der Waals surface area contributed by atoms with Crippen LogP contribution in [-0.2, 0) is 4.74 Å². The van der Waals surface area contributed by atoms with E-state index >= 15 is 0 Å². The van der Waals surface area contributed by atoms with Crippen molar-refractivity contribution in [2.45, 2.75) is 58.6 Å². The second kappa shape index (κ2) is 6.24. The minimum Gasteiger partial charge on any atom is -0.444 e. The van der Waals surface area contributed by atoms with Crippen molar-refractivity contribution in [2.75, 3.05) is 19.6 Å². The van der Waals surface area contributed by atoms with Gasteiger partial charge >= 0.3 is 6.09 Å². The van der Waals surface area contributed by atoms with Crippen molar-refractivity contribution < 1.29 is 9.53 Å². The van der Waals surface area contributed by atoms with Gasteiger partial charge in [-0.05, 0) is 46.6 Å². The van der Waals surface area contributed by atoms with Gasteiger partial charge in [0.25, 0.3) is 0 Å². The molecule has 0 aromatic rings. The monoisotopic (exact) mass is 242 g/mol. The Kier molecular flexibility index (Phi) is 5.25. The van der Waals surface area contributed by atoms with Gasteiger partial charge in [-0.25, -0.2) is 4.79 Å². The summed E-state index contributed by atoms with van der Waals surface area (Å²) < 4.78 is 5.39. The van der Waals surface area contributed by atoms with E-state index in [1.165, 1.54) is 0 Å². The summed E-state index contributed by atoms with van der Waals surface area (Å²) in [4.78, 5) is 13.7. The lowest BCUT2D eigenvalue weighted by molar-refractivity contribution is 0.0188. The summed E-state index contributed by atoms with van der Waals surface area (Å²) in [5, 5.41) is 3.47. The standard InChI is InChI=1S/C13H26N2O2/c1-5-8-14-11-7-6-9-15(10-11)12(16)17-13(2,3)4/h11,14H,5-10H2,1-4H3/t11-/m1/s1. The number of carbonyl (C=O) groups excluding carboxylic acids is 1. The molecule has 1 heterocycles. The van der Waals surface area contributed by atoms with Gasteiger partial charge in [0, 0.05) is 19.1 Å². The van der Waals surface area contributed by atoms with E-state index in [1.807, 2.05) is 25.7 Å². The number of hydrogen-bond donors (Lipinski definition) is 1. The molecule has 0 radical (unpaired) electrons. The zero-order valence-electron chi connectivity index (χ0n) is 11.6. The van der Waals surface area contributed by atoms with Crippen LogP contribution in [0.25, 0.3) is 0 Å². The van der Waals surface area contributed by atoms with Crippen molar-refractivity contribution in [3.63, 3.8) is 0 Å². The number of carbonyl (C=O) groups is 1. The smallest absolute Gasteiger partial charge is 0.410 e. The van der Waals surface area contributed by atoms with E-state index in [-0.39, 0.29) is 6.09 Å². The van der Waals surface area contributed by atoms with Crippen LogP contribution < -0.4 is 5.32 Å². The van der Waals surface area contributed by atoms with E-state index in [4.69, 9.17) is 4.74 Å². The van der Waals surface area contributed by atoms with Crippen molar-refractivity contribution in [3.05, 3.63) is 0 Å². The van der Waals surface area contributed by atoms with Crippen LogP contribution in [0, 0.1) is 0 Å². The van der Waals surface area contributed by atoms with Crippen molar-refractivity contribution in [2.24, 2.45) is 0 Å². The molecule has 0 aliphatic carbocycles. The summed E-state index contributed by atoms with van der Waals surface area (Å²) in [5.41, 5.74) is -0.402. The van der Waals surface area contributed by atoms with Crippen LogP contribution in [0.3, 0.4) is 0 Å². The maximum Gasteiger partial charge on any atom is 0.410 e. The van der Waals surface area contributed by atoms with Crippen LogP contribution in [0.2, 0.25) is 0 Å². The summed E-state index contributed by atoms with van der Waals surface area (Å²) >= 11 is 0. The first-order chi connectivity index (χ1) is 7.92. The Bertz CT molecular complexity index is 248. The molecule has 1 aliphatic rings. The average molecular weight is 242 g/mol. The van der Waals surface area contributed by atoms with Crippen LogP contribution in [0.4, 0.5) is 4.79 Å². The van der Waals surface area contributed by atoms with Gasteiger partial charge in [0.05, 0.1) is 0 Å². The average Bonchev–Trinajstić information content (AvgIpc) is 2.24. The van der Waals surface area contributed by atoms with Crippen LogP contribution in [-0.4, -0.2) is 42.3 Å². The van der Waals surface area contributed by atoms with Gasteiger partial charge in [0.1, 0.15) is 5.60 Å². The number of nitrogens with one attached hydrogen (secondary N) is 1. The highest BCUT2D eigenvalue weighted by Crippen LogP contribution is 2.15. The molecule has 0 aromatic carbocycles. The Hall–Kier alpha value is -0.770. The second-order valence-electron chi connectivity index (χ2n) is 5.72. The van der Waals surface area contributed by atoms with E-state index in [1.54, 1.807) is 0 Å². The Balaban J connectivity index is 2.40. The molecular weight excluding hydrogens is 216 g/mol. The summed E-state index contributed by atoms with van der Waals surface area (Å²) in [5.74, 6) is 0. The Labute approximate surface area is 105 Å². The van der Waals surface area contributed by atoms with E-state index < -0.39 is 5.60 Å². The molecule has 1 saturated heterocycles. The van der Waals surface area contributed by atoms with Crippen LogP contribution >= 0.6 is 0 Å². The molecule has 0 spiro atoms. The highest BCUT2D eigenvalue weighted by molar-refractivity contribution is 5.68. The largest absolute Gasteiger partial charge is 0.444 e. The zero-order chi connectivity index (χ0) is 12.9. The van der Waals surface area contributed by atoms with Gasteiger partial charge in [-0.3, -0.25) is 0 Å². The summed E-state index contributed by atoms with van der Waals surface area (Å²) in [7, 11) is 0.